The Kier molecular flexibility index (Phi) is 7.74. The molecular formula is C17H23ClN2O2. The Hall–Kier alpha value is -1.75. The van der Waals surface area contributed by atoms with E-state index in [0.717, 1.165) is 22.6 Å². The lowest BCUT2D eigenvalue weighted by atomic mass is 10.0. The van der Waals surface area contributed by atoms with Gasteiger partial charge >= 0.3 is 0 Å². The summed E-state index contributed by atoms with van der Waals surface area (Å²) in [7, 11) is 1.67. The van der Waals surface area contributed by atoms with Crippen molar-refractivity contribution >= 4 is 18.1 Å². The number of hydrogen-bond acceptors (Lipinski definition) is 4. The molecule has 0 heterocycles. The number of anilines is 1. The number of rotatable bonds is 7. The number of benzene rings is 2. The Morgan fingerprint density at radius 2 is 1.95 bits per heavy atom. The zero-order chi connectivity index (χ0) is 15.1. The van der Waals surface area contributed by atoms with E-state index in [1.54, 1.807) is 7.11 Å². The van der Waals surface area contributed by atoms with E-state index < -0.39 is 0 Å². The average Bonchev–Trinajstić information content (AvgIpc) is 2.53. The van der Waals surface area contributed by atoms with E-state index in [2.05, 4.69) is 5.32 Å². The van der Waals surface area contributed by atoms with Crippen LogP contribution in [0.3, 0.4) is 0 Å². The summed E-state index contributed by atoms with van der Waals surface area (Å²) in [6.45, 7) is 0.780. The van der Waals surface area contributed by atoms with Crippen LogP contribution in [0.25, 0.3) is 0 Å². The summed E-state index contributed by atoms with van der Waals surface area (Å²) in [5, 5.41) is 12.3. The summed E-state index contributed by atoms with van der Waals surface area (Å²) in [6.07, 6.45) is 0.565. The molecule has 2 aromatic rings. The van der Waals surface area contributed by atoms with Crippen LogP contribution in [-0.4, -0.2) is 18.8 Å². The Morgan fingerprint density at radius 3 is 2.68 bits per heavy atom. The van der Waals surface area contributed by atoms with Gasteiger partial charge in [-0.25, -0.2) is 0 Å². The van der Waals surface area contributed by atoms with Crippen LogP contribution in [0, 0.1) is 0 Å². The molecular weight excluding hydrogens is 300 g/mol. The smallest absolute Gasteiger partial charge is 0.123 e. The van der Waals surface area contributed by atoms with Gasteiger partial charge in [-0.15, -0.1) is 12.4 Å². The number of aliphatic hydroxyl groups is 1. The molecule has 0 aliphatic carbocycles. The van der Waals surface area contributed by atoms with Crippen LogP contribution in [-0.2, 0) is 6.54 Å². The molecule has 0 saturated heterocycles. The fourth-order valence-electron chi connectivity index (χ4n) is 2.23. The fourth-order valence-corrected chi connectivity index (χ4v) is 2.23. The monoisotopic (exact) mass is 322 g/mol. The van der Waals surface area contributed by atoms with Gasteiger partial charge in [0.15, 0.2) is 0 Å². The van der Waals surface area contributed by atoms with Crippen molar-refractivity contribution in [2.75, 3.05) is 19.0 Å². The molecule has 0 fully saturated rings. The first kappa shape index (κ1) is 18.3. The minimum atomic E-state index is -0.136. The van der Waals surface area contributed by atoms with Crippen LogP contribution in [0.2, 0.25) is 0 Å². The number of nitrogens with two attached hydrogens (primary N) is 1. The molecule has 4 nitrogen and oxygen atoms in total. The maximum Gasteiger partial charge on any atom is 0.123 e. The first-order chi connectivity index (χ1) is 10.2. The molecule has 0 radical (unpaired) electrons. The average molecular weight is 323 g/mol. The Labute approximate surface area is 137 Å². The lowest BCUT2D eigenvalue weighted by molar-refractivity contribution is 0.276. The number of methoxy groups -OCH3 is 1. The first-order valence-electron chi connectivity index (χ1n) is 7.06. The summed E-state index contributed by atoms with van der Waals surface area (Å²) in [4.78, 5) is 0. The van der Waals surface area contributed by atoms with Crippen LogP contribution < -0.4 is 15.8 Å². The second kappa shape index (κ2) is 9.30. The highest BCUT2D eigenvalue weighted by atomic mass is 35.5. The second-order valence-electron chi connectivity index (χ2n) is 4.91. The molecule has 2 rings (SSSR count). The van der Waals surface area contributed by atoms with Gasteiger partial charge in [-0.1, -0.05) is 30.3 Å². The third-order valence-corrected chi connectivity index (χ3v) is 3.43. The normalized spacial score (nSPS) is 11.4. The van der Waals surface area contributed by atoms with Crippen molar-refractivity contribution < 1.29 is 9.84 Å². The topological polar surface area (TPSA) is 67.5 Å². The molecule has 1 unspecified atom stereocenters. The SMILES string of the molecule is COc1ccccc1CNc1cccc(C(N)CCO)c1.Cl. The predicted molar refractivity (Wildman–Crippen MR) is 92.6 cm³/mol. The minimum Gasteiger partial charge on any atom is -0.496 e. The van der Waals surface area contributed by atoms with Crippen LogP contribution in [0.15, 0.2) is 48.5 Å². The third-order valence-electron chi connectivity index (χ3n) is 3.43. The highest BCUT2D eigenvalue weighted by molar-refractivity contribution is 5.85. The van der Waals surface area contributed by atoms with Crippen molar-refractivity contribution in [2.45, 2.75) is 19.0 Å². The summed E-state index contributed by atoms with van der Waals surface area (Å²) in [5.74, 6) is 0.873. The van der Waals surface area contributed by atoms with E-state index in [1.165, 1.54) is 0 Å². The van der Waals surface area contributed by atoms with Gasteiger partial charge in [-0.2, -0.15) is 0 Å². The van der Waals surface area contributed by atoms with Crippen molar-refractivity contribution in [3.8, 4) is 5.75 Å². The Morgan fingerprint density at radius 1 is 1.18 bits per heavy atom. The number of halogens is 1. The zero-order valence-corrected chi connectivity index (χ0v) is 13.5. The Bertz CT molecular complexity index is 578. The lowest BCUT2D eigenvalue weighted by Crippen LogP contribution is -2.12. The second-order valence-corrected chi connectivity index (χ2v) is 4.91. The highest BCUT2D eigenvalue weighted by Crippen LogP contribution is 2.21. The van der Waals surface area contributed by atoms with Gasteiger partial charge in [0.25, 0.3) is 0 Å². The van der Waals surface area contributed by atoms with Gasteiger partial charge in [0, 0.05) is 30.4 Å². The number of nitrogens with one attached hydrogen (secondary N) is 1. The van der Waals surface area contributed by atoms with Gasteiger partial charge in [-0.3, -0.25) is 0 Å². The lowest BCUT2D eigenvalue weighted by Gasteiger charge is -2.14. The highest BCUT2D eigenvalue weighted by Gasteiger charge is 2.06. The first-order valence-corrected chi connectivity index (χ1v) is 7.06. The van der Waals surface area contributed by atoms with Crippen LogP contribution in [0.1, 0.15) is 23.6 Å². The molecule has 1 atom stereocenters. The van der Waals surface area contributed by atoms with E-state index in [-0.39, 0.29) is 25.1 Å². The van der Waals surface area contributed by atoms with Crippen molar-refractivity contribution in [1.82, 2.24) is 0 Å². The molecule has 0 spiro atoms. The van der Waals surface area contributed by atoms with Crippen LogP contribution in [0.5, 0.6) is 5.75 Å². The van der Waals surface area contributed by atoms with Gasteiger partial charge in [0.05, 0.1) is 7.11 Å². The molecule has 0 aliphatic heterocycles. The molecule has 2 aromatic carbocycles. The summed E-state index contributed by atoms with van der Waals surface area (Å²) in [6, 6.07) is 15.8. The molecule has 4 N–H and O–H groups in total. The molecule has 0 aliphatic rings. The van der Waals surface area contributed by atoms with E-state index in [1.807, 2.05) is 48.5 Å². The Balaban J connectivity index is 0.00000242. The van der Waals surface area contributed by atoms with Crippen LogP contribution in [0.4, 0.5) is 5.69 Å². The third kappa shape index (κ3) is 4.91. The van der Waals surface area contributed by atoms with Crippen molar-refractivity contribution in [2.24, 2.45) is 5.73 Å². The maximum absolute atomic E-state index is 8.97. The molecule has 0 bridgehead atoms. The molecule has 22 heavy (non-hydrogen) atoms. The fraction of sp³-hybridized carbons (Fsp3) is 0.294. The zero-order valence-electron chi connectivity index (χ0n) is 12.7. The quantitative estimate of drug-likeness (QED) is 0.732. The predicted octanol–water partition coefficient (Wildman–Crippen LogP) is 3.11. The van der Waals surface area contributed by atoms with Crippen molar-refractivity contribution in [3.63, 3.8) is 0 Å². The molecule has 0 amide bonds. The van der Waals surface area contributed by atoms with Crippen LogP contribution >= 0.6 is 12.4 Å². The maximum atomic E-state index is 8.97. The van der Waals surface area contributed by atoms with Gasteiger partial charge in [-0.05, 0) is 30.2 Å². The van der Waals surface area contributed by atoms with Gasteiger partial charge in [0.1, 0.15) is 5.75 Å². The molecule has 0 aromatic heterocycles. The van der Waals surface area contributed by atoms with Crippen molar-refractivity contribution in [3.05, 3.63) is 59.7 Å². The van der Waals surface area contributed by atoms with E-state index in [0.29, 0.717) is 13.0 Å². The summed E-state index contributed by atoms with van der Waals surface area (Å²) >= 11 is 0. The molecule has 120 valence electrons. The largest absolute Gasteiger partial charge is 0.496 e. The molecule has 0 saturated carbocycles. The van der Waals surface area contributed by atoms with E-state index >= 15 is 0 Å². The van der Waals surface area contributed by atoms with E-state index in [9.17, 15) is 0 Å². The van der Waals surface area contributed by atoms with Gasteiger partial charge < -0.3 is 20.9 Å². The van der Waals surface area contributed by atoms with Crippen molar-refractivity contribution in [1.29, 1.82) is 0 Å². The summed E-state index contributed by atoms with van der Waals surface area (Å²) < 4.78 is 5.34. The number of hydrogen-bond donors (Lipinski definition) is 3. The standard InChI is InChI=1S/C17H22N2O2.ClH/c1-21-17-8-3-2-5-14(17)12-19-15-7-4-6-13(11-15)16(18)9-10-20;/h2-8,11,16,19-20H,9-10,12,18H2,1H3;1H. The summed E-state index contributed by atoms with van der Waals surface area (Å²) in [5.41, 5.74) is 9.15. The number of ether oxygens (including phenoxy) is 1. The van der Waals surface area contributed by atoms with E-state index in [4.69, 9.17) is 15.6 Å². The van der Waals surface area contributed by atoms with Gasteiger partial charge in [0.2, 0.25) is 0 Å². The minimum absolute atomic E-state index is 0. The molecule has 5 heteroatoms. The number of para-hydroxylation sites is 1. The number of aliphatic hydroxyl groups excluding tert-OH is 1.